The van der Waals surface area contributed by atoms with Crippen LogP contribution in [-0.4, -0.2) is 20.4 Å². The lowest BCUT2D eigenvalue weighted by Crippen LogP contribution is -2.12. The lowest BCUT2D eigenvalue weighted by Gasteiger charge is -2.16. The molecule has 0 bridgehead atoms. The van der Waals surface area contributed by atoms with Gasteiger partial charge in [0.2, 0.25) is 0 Å². The van der Waals surface area contributed by atoms with Crippen LogP contribution in [0.25, 0.3) is 11.2 Å². The number of hydrogen-bond donors (Lipinski definition) is 0. The fourth-order valence-corrected chi connectivity index (χ4v) is 2.76. The number of pyridine rings is 1. The first-order chi connectivity index (χ1) is 8.70. The van der Waals surface area contributed by atoms with Crippen LogP contribution >= 0.6 is 11.6 Å². The molecule has 0 saturated heterocycles. The maximum atomic E-state index is 5.89. The topological polar surface area (TPSA) is 30.7 Å². The first-order valence-electron chi connectivity index (χ1n) is 6.61. The summed E-state index contributed by atoms with van der Waals surface area (Å²) in [6.07, 6.45) is 3.47. The van der Waals surface area contributed by atoms with E-state index >= 15 is 0 Å². The van der Waals surface area contributed by atoms with Gasteiger partial charge in [-0.15, -0.1) is 11.6 Å². The van der Waals surface area contributed by atoms with Gasteiger partial charge in [0.1, 0.15) is 11.3 Å². The second-order valence-electron chi connectivity index (χ2n) is 5.21. The van der Waals surface area contributed by atoms with E-state index in [0.717, 1.165) is 35.0 Å². The van der Waals surface area contributed by atoms with Crippen molar-refractivity contribution in [2.75, 3.05) is 5.88 Å². The minimum atomic E-state index is 0.488. The summed E-state index contributed by atoms with van der Waals surface area (Å²) in [5.41, 5.74) is 3.06. The Morgan fingerprint density at radius 3 is 2.83 bits per heavy atom. The molecule has 4 heteroatoms. The van der Waals surface area contributed by atoms with Gasteiger partial charge in [0, 0.05) is 24.0 Å². The maximum Gasteiger partial charge on any atom is 0.160 e. The van der Waals surface area contributed by atoms with Crippen LogP contribution in [0.5, 0.6) is 0 Å². The molecule has 1 unspecified atom stereocenters. The van der Waals surface area contributed by atoms with Gasteiger partial charge in [0.05, 0.1) is 0 Å². The lowest BCUT2D eigenvalue weighted by molar-refractivity contribution is 0.479. The van der Waals surface area contributed by atoms with Gasteiger partial charge >= 0.3 is 0 Å². The predicted molar refractivity (Wildman–Crippen MR) is 74.1 cm³/mol. The number of imidazole rings is 1. The van der Waals surface area contributed by atoms with Crippen LogP contribution in [0.15, 0.2) is 12.1 Å². The molecular formula is C14H18ClN3. The van der Waals surface area contributed by atoms with Crippen LogP contribution in [0.3, 0.4) is 0 Å². The fraction of sp³-hybridized carbons (Fsp3) is 0.571. The van der Waals surface area contributed by atoms with E-state index in [4.69, 9.17) is 16.6 Å². The molecule has 0 aromatic carbocycles. The molecule has 1 fully saturated rings. The van der Waals surface area contributed by atoms with Crippen molar-refractivity contribution in [2.45, 2.75) is 39.2 Å². The summed E-state index contributed by atoms with van der Waals surface area (Å²) < 4.78 is 2.31. The zero-order valence-electron chi connectivity index (χ0n) is 10.9. The molecule has 0 radical (unpaired) electrons. The van der Waals surface area contributed by atoms with Gasteiger partial charge in [0.25, 0.3) is 0 Å². The molecule has 1 aliphatic rings. The molecule has 3 nitrogen and oxygen atoms in total. The monoisotopic (exact) mass is 263 g/mol. The number of nitrogens with zero attached hydrogens (tertiary/aromatic N) is 3. The highest BCUT2D eigenvalue weighted by atomic mass is 35.5. The van der Waals surface area contributed by atoms with Crippen LogP contribution in [0.2, 0.25) is 0 Å². The van der Waals surface area contributed by atoms with E-state index in [2.05, 4.69) is 22.5 Å². The highest BCUT2D eigenvalue weighted by molar-refractivity contribution is 6.17. The standard InChI is InChI=1S/C14H18ClN3/c1-9-3-6-12-14(16-9)18(10(2)11-4-5-11)13(17-12)7-8-15/h3,6,10-11H,4-5,7-8H2,1-2H3. The van der Waals surface area contributed by atoms with Crippen LogP contribution < -0.4 is 0 Å². The first-order valence-corrected chi connectivity index (χ1v) is 7.14. The van der Waals surface area contributed by atoms with E-state index in [1.165, 1.54) is 12.8 Å². The Morgan fingerprint density at radius 1 is 1.39 bits per heavy atom. The van der Waals surface area contributed by atoms with Crippen LogP contribution in [0, 0.1) is 12.8 Å². The Labute approximate surface area is 112 Å². The molecule has 0 spiro atoms. The summed E-state index contributed by atoms with van der Waals surface area (Å²) in [6.45, 7) is 4.31. The maximum absolute atomic E-state index is 5.89. The number of hydrogen-bond acceptors (Lipinski definition) is 2. The van der Waals surface area contributed by atoms with E-state index in [0.29, 0.717) is 11.9 Å². The largest absolute Gasteiger partial charge is 0.310 e. The molecule has 0 N–H and O–H groups in total. The van der Waals surface area contributed by atoms with Gasteiger partial charge in [-0.3, -0.25) is 0 Å². The van der Waals surface area contributed by atoms with Crippen molar-refractivity contribution in [1.29, 1.82) is 0 Å². The van der Waals surface area contributed by atoms with E-state index < -0.39 is 0 Å². The molecule has 2 heterocycles. The molecule has 1 saturated carbocycles. The normalized spacial score (nSPS) is 17.3. The van der Waals surface area contributed by atoms with Crippen LogP contribution in [0.4, 0.5) is 0 Å². The third kappa shape index (κ3) is 2.01. The molecular weight excluding hydrogens is 246 g/mol. The predicted octanol–water partition coefficient (Wildman–Crippen LogP) is 3.49. The Morgan fingerprint density at radius 2 is 2.17 bits per heavy atom. The molecule has 2 aromatic rings. The highest BCUT2D eigenvalue weighted by Crippen LogP contribution is 2.41. The third-order valence-electron chi connectivity index (χ3n) is 3.78. The molecule has 1 aliphatic carbocycles. The number of rotatable bonds is 4. The van der Waals surface area contributed by atoms with Crippen molar-refractivity contribution < 1.29 is 0 Å². The number of fused-ring (bicyclic) bond motifs is 1. The van der Waals surface area contributed by atoms with Gasteiger partial charge < -0.3 is 4.57 Å². The minimum Gasteiger partial charge on any atom is -0.310 e. The first kappa shape index (κ1) is 12.0. The van der Waals surface area contributed by atoms with Crippen molar-refractivity contribution in [2.24, 2.45) is 5.92 Å². The summed E-state index contributed by atoms with van der Waals surface area (Å²) >= 11 is 5.89. The van der Waals surface area contributed by atoms with Gasteiger partial charge in [-0.25, -0.2) is 9.97 Å². The van der Waals surface area contributed by atoms with E-state index in [9.17, 15) is 0 Å². The van der Waals surface area contributed by atoms with E-state index in [1.54, 1.807) is 0 Å². The average molecular weight is 264 g/mol. The van der Waals surface area contributed by atoms with Crippen molar-refractivity contribution in [3.63, 3.8) is 0 Å². The average Bonchev–Trinajstić information content (AvgIpc) is 3.12. The van der Waals surface area contributed by atoms with Crippen LogP contribution in [0.1, 0.15) is 37.3 Å². The molecule has 1 atom stereocenters. The molecule has 96 valence electrons. The zero-order valence-corrected chi connectivity index (χ0v) is 11.6. The van der Waals surface area contributed by atoms with Crippen molar-refractivity contribution >= 4 is 22.8 Å². The number of aromatic nitrogens is 3. The lowest BCUT2D eigenvalue weighted by atomic mass is 10.2. The second-order valence-corrected chi connectivity index (χ2v) is 5.59. The number of alkyl halides is 1. The molecule has 18 heavy (non-hydrogen) atoms. The Bertz CT molecular complexity index is 572. The van der Waals surface area contributed by atoms with Gasteiger partial charge in [-0.1, -0.05) is 0 Å². The molecule has 0 amide bonds. The molecule has 3 rings (SSSR count). The van der Waals surface area contributed by atoms with Gasteiger partial charge in [-0.2, -0.15) is 0 Å². The van der Waals surface area contributed by atoms with Crippen molar-refractivity contribution in [1.82, 2.24) is 14.5 Å². The second kappa shape index (κ2) is 4.54. The van der Waals surface area contributed by atoms with Crippen molar-refractivity contribution in [3.8, 4) is 0 Å². The van der Waals surface area contributed by atoms with Crippen LogP contribution in [-0.2, 0) is 6.42 Å². The van der Waals surface area contributed by atoms with E-state index in [-0.39, 0.29) is 0 Å². The molecule has 0 aliphatic heterocycles. The summed E-state index contributed by atoms with van der Waals surface area (Å²) in [6, 6.07) is 4.57. The third-order valence-corrected chi connectivity index (χ3v) is 3.97. The summed E-state index contributed by atoms with van der Waals surface area (Å²) in [7, 11) is 0. The number of halogens is 1. The summed E-state index contributed by atoms with van der Waals surface area (Å²) in [4.78, 5) is 9.36. The Balaban J connectivity index is 2.15. The minimum absolute atomic E-state index is 0.488. The van der Waals surface area contributed by atoms with E-state index in [1.807, 2.05) is 13.0 Å². The summed E-state index contributed by atoms with van der Waals surface area (Å²) in [5.74, 6) is 2.48. The summed E-state index contributed by atoms with van der Waals surface area (Å²) in [5, 5.41) is 0. The Kier molecular flexibility index (Phi) is 3.02. The SMILES string of the molecule is Cc1ccc2nc(CCCl)n(C(C)C3CC3)c2n1. The zero-order chi connectivity index (χ0) is 12.7. The highest BCUT2D eigenvalue weighted by Gasteiger charge is 2.31. The van der Waals surface area contributed by atoms with Crippen molar-refractivity contribution in [3.05, 3.63) is 23.7 Å². The fourth-order valence-electron chi connectivity index (χ4n) is 2.59. The molecule has 2 aromatic heterocycles. The number of aryl methyl sites for hydroxylation is 2. The quantitative estimate of drug-likeness (QED) is 0.791. The van der Waals surface area contributed by atoms with Gasteiger partial charge in [0.15, 0.2) is 5.65 Å². The van der Waals surface area contributed by atoms with Gasteiger partial charge in [-0.05, 0) is 44.7 Å². The Hall–Kier alpha value is -1.09. The smallest absolute Gasteiger partial charge is 0.160 e.